The highest BCUT2D eigenvalue weighted by Gasteiger charge is 2.22. The highest BCUT2D eigenvalue weighted by Crippen LogP contribution is 2.38. The Hall–Kier alpha value is -18.0. The molecule has 0 amide bonds. The maximum atomic E-state index is 12.7. The van der Waals surface area contributed by atoms with Gasteiger partial charge in [0.2, 0.25) is 23.8 Å². The van der Waals surface area contributed by atoms with Crippen molar-refractivity contribution in [1.29, 1.82) is 0 Å². The van der Waals surface area contributed by atoms with Crippen LogP contribution >= 0.6 is 0 Å². The molecule has 0 atom stereocenters. The monoisotopic (exact) mass is 2160 g/mol. The SMILES string of the molecule is Cc1cc(Cc2nc(Cc3ccc(N=Nc4ccc(N=Nc5ccccc5)cc4S(=O)(=O)O)c(C)c3)nc(Nc3ccc(Nc4nc(Nc5ccc(N=Nc6ccc(N=Nc7ccc(S(=O)(=O)O)cc7)cc6)c(C)c5)nc(Nc5ccc(N=Nc6ccc(N=Nc7ccccc7)cc6S(=O)(=O)O)c(C)c5)n4)cc3)n2)ccc1N=Nc1ccc(N=Nc2ccc(S(=O)(=O)O)cc2)cc1.O=S(=O)=O.O=S(=O)=O.O=S(=O)=O.O=S(=O)=O. The number of nitrogens with one attached hydrogen (secondary N) is 4. The average molecular weight is 2160 g/mol. The van der Waals surface area contributed by atoms with E-state index in [4.69, 9.17) is 80.4 Å². The van der Waals surface area contributed by atoms with E-state index in [0.29, 0.717) is 114 Å². The number of nitrogens with zero attached hydrogens (tertiary/aromatic N) is 22. The molecule has 0 radical (unpaired) electrons. The zero-order chi connectivity index (χ0) is 107. The molecule has 15 aromatic rings. The zero-order valence-electron chi connectivity index (χ0n) is 76.2. The van der Waals surface area contributed by atoms with Crippen LogP contribution < -0.4 is 21.3 Å². The van der Waals surface area contributed by atoms with Gasteiger partial charge in [-0.15, -0.1) is 60.7 Å². The van der Waals surface area contributed by atoms with Gasteiger partial charge in [0, 0.05) is 35.6 Å². The van der Waals surface area contributed by atoms with Crippen LogP contribution in [-0.2, 0) is 95.7 Å². The van der Waals surface area contributed by atoms with Gasteiger partial charge in [-0.05, 0) is 292 Å². The molecule has 58 heteroatoms. The van der Waals surface area contributed by atoms with E-state index in [1.807, 2.05) is 69.3 Å². The highest BCUT2D eigenvalue weighted by molar-refractivity contribution is 7.86. The molecule has 8 N–H and O–H groups in total. The van der Waals surface area contributed by atoms with Gasteiger partial charge in [0.15, 0.2) is 0 Å². The number of aryl methyl sites for hydroxylation is 4. The Morgan fingerprint density at radius 3 is 0.716 bits per heavy atom. The van der Waals surface area contributed by atoms with Crippen LogP contribution in [0.1, 0.15) is 45.0 Å². The number of hydrogen-bond donors (Lipinski definition) is 8. The third-order valence-electron chi connectivity index (χ3n) is 19.0. The third-order valence-corrected chi connectivity index (χ3v) is 22.5. The lowest BCUT2D eigenvalue weighted by Gasteiger charge is -2.13. The van der Waals surface area contributed by atoms with Crippen LogP contribution in [0.3, 0.4) is 0 Å². The van der Waals surface area contributed by atoms with Gasteiger partial charge in [-0.2, -0.15) is 130 Å². The van der Waals surface area contributed by atoms with Gasteiger partial charge < -0.3 is 21.3 Å². The van der Waals surface area contributed by atoms with Crippen LogP contribution in [0.25, 0.3) is 0 Å². The number of anilines is 8. The minimum absolute atomic E-state index is 0.0949. The summed E-state index contributed by atoms with van der Waals surface area (Å²) in [5.41, 5.74) is 12.4. The molecule has 0 aliphatic rings. The van der Waals surface area contributed by atoms with Crippen molar-refractivity contribution in [2.75, 3.05) is 21.3 Å². The first kappa shape index (κ1) is 110. The summed E-state index contributed by atoms with van der Waals surface area (Å²) in [6.45, 7) is 7.35. The van der Waals surface area contributed by atoms with Crippen LogP contribution in [-0.4, -0.2) is 132 Å². The number of benzene rings is 13. The van der Waals surface area contributed by atoms with E-state index in [-0.39, 0.29) is 69.2 Å². The smallest absolute Gasteiger partial charge is 0.324 e. The summed E-state index contributed by atoms with van der Waals surface area (Å²) in [6, 6.07) is 78.6. The van der Waals surface area contributed by atoms with Gasteiger partial charge in [-0.1, -0.05) is 60.7 Å². The van der Waals surface area contributed by atoms with E-state index < -0.39 is 92.7 Å². The molecule has 2 aromatic heterocycles. The molecule has 0 saturated carbocycles. The summed E-state index contributed by atoms with van der Waals surface area (Å²) in [4.78, 5) is 27.6. The predicted molar refractivity (Wildman–Crippen MR) is 533 cm³/mol. The Labute approximate surface area is 846 Å². The topological polar surface area (TPSA) is 746 Å². The Balaban J connectivity index is 0.00000121. The molecule has 15 rings (SSSR count). The van der Waals surface area contributed by atoms with Crippen LogP contribution in [0.15, 0.2) is 393 Å². The molecule has 13 aromatic carbocycles. The second-order valence-electron chi connectivity index (χ2n) is 29.8. The molecular weight excluding hydrogens is 2090 g/mol. The van der Waals surface area contributed by atoms with Gasteiger partial charge >= 0.3 is 42.4 Å². The maximum Gasteiger partial charge on any atom is 0.425 e. The number of hydrogen-bond acceptors (Lipinski definition) is 46. The average Bonchev–Trinajstić information content (AvgIpc) is 0.813. The van der Waals surface area contributed by atoms with E-state index in [1.54, 1.807) is 165 Å². The quantitative estimate of drug-likeness (QED) is 0.0143. The summed E-state index contributed by atoms with van der Waals surface area (Å²) in [6.07, 6.45) is 0.469. The summed E-state index contributed by atoms with van der Waals surface area (Å²) in [5, 5.41) is 81.6. The first-order valence-electron chi connectivity index (χ1n) is 41.5. The van der Waals surface area contributed by atoms with Crippen LogP contribution in [0.4, 0.5) is 138 Å². The number of azo groups is 8. The Morgan fingerprint density at radius 2 is 0.439 bits per heavy atom. The van der Waals surface area contributed by atoms with Crippen molar-refractivity contribution in [2.24, 2.45) is 81.8 Å². The van der Waals surface area contributed by atoms with Crippen molar-refractivity contribution in [3.63, 3.8) is 0 Å². The van der Waals surface area contributed by atoms with Crippen molar-refractivity contribution in [3.05, 3.63) is 336 Å². The normalized spacial score (nSPS) is 11.6. The number of rotatable bonds is 32. The van der Waals surface area contributed by atoms with E-state index in [1.165, 1.54) is 72.8 Å². The van der Waals surface area contributed by atoms with Crippen LogP contribution in [0, 0.1) is 27.7 Å². The van der Waals surface area contributed by atoms with Crippen molar-refractivity contribution in [3.8, 4) is 0 Å². The van der Waals surface area contributed by atoms with Crippen LogP contribution in [0.5, 0.6) is 0 Å². The minimum Gasteiger partial charge on any atom is -0.324 e. The van der Waals surface area contributed by atoms with E-state index >= 15 is 0 Å². The molecule has 0 spiro atoms. The fourth-order valence-corrected chi connectivity index (χ4v) is 14.7. The number of aromatic nitrogens is 6. The summed E-state index contributed by atoms with van der Waals surface area (Å²) >= 11 is 0. The summed E-state index contributed by atoms with van der Waals surface area (Å²) in [7, 11) is -30.8. The molecule has 148 heavy (non-hydrogen) atoms. The highest BCUT2D eigenvalue weighted by atomic mass is 32.2. The van der Waals surface area contributed by atoms with Gasteiger partial charge in [-0.3, -0.25) is 18.2 Å². The molecule has 0 fully saturated rings. The lowest BCUT2D eigenvalue weighted by atomic mass is 10.1. The van der Waals surface area contributed by atoms with Gasteiger partial charge in [0.05, 0.1) is 89.4 Å². The molecule has 0 aliphatic heterocycles. The van der Waals surface area contributed by atoms with Gasteiger partial charge in [0.25, 0.3) is 40.5 Å². The second kappa shape index (κ2) is 51.8. The van der Waals surface area contributed by atoms with Gasteiger partial charge in [0.1, 0.15) is 32.8 Å². The van der Waals surface area contributed by atoms with E-state index in [0.717, 1.165) is 34.4 Å². The molecule has 0 aliphatic carbocycles. The molecule has 2 heterocycles. The maximum absolute atomic E-state index is 12.7. The largest absolute Gasteiger partial charge is 0.425 e. The van der Waals surface area contributed by atoms with Crippen molar-refractivity contribution in [2.45, 2.75) is 60.1 Å². The van der Waals surface area contributed by atoms with Gasteiger partial charge in [-0.25, -0.2) is 4.98 Å². The second-order valence-corrected chi connectivity index (χ2v) is 37.0. The Bertz CT molecular complexity index is 8140. The van der Waals surface area contributed by atoms with Crippen molar-refractivity contribution >= 4 is 220 Å². The fourth-order valence-electron chi connectivity index (χ4n) is 12.5. The lowest BCUT2D eigenvalue weighted by molar-refractivity contribution is 0.481. The Kier molecular flexibility index (Phi) is 38.6. The molecule has 0 unspecified atom stereocenters. The van der Waals surface area contributed by atoms with Crippen LogP contribution in [0.2, 0.25) is 0 Å². The molecule has 754 valence electrons. The van der Waals surface area contributed by atoms with E-state index in [2.05, 4.69) is 103 Å². The first-order chi connectivity index (χ1) is 70.3. The third kappa shape index (κ3) is 36.4. The summed E-state index contributed by atoms with van der Waals surface area (Å²) < 4.78 is 237. The molecule has 0 bridgehead atoms. The summed E-state index contributed by atoms with van der Waals surface area (Å²) in [5.74, 6) is 1.34. The zero-order valence-corrected chi connectivity index (χ0v) is 82.7. The van der Waals surface area contributed by atoms with Crippen molar-refractivity contribution < 1.29 is 102 Å². The minimum atomic E-state index is -4.80. The molecule has 50 nitrogen and oxygen atoms in total. The lowest BCUT2D eigenvalue weighted by Crippen LogP contribution is -2.09. The first-order valence-corrected chi connectivity index (χ1v) is 51.3. The van der Waals surface area contributed by atoms with E-state index in [9.17, 15) is 51.9 Å². The van der Waals surface area contributed by atoms with Crippen molar-refractivity contribution in [1.82, 2.24) is 29.9 Å². The molecule has 0 saturated heterocycles. The Morgan fingerprint density at radius 1 is 0.223 bits per heavy atom. The predicted octanol–water partition coefficient (Wildman–Crippen LogP) is 21.7. The standard InChI is InChI=1S/C90H72N26O12S4.4O3S/c1-55-47-59(15-41-77(55)111-107-67-25-21-65(22-26-67)103-105-69-29-37-75(38-30-69)129(117,118)119)51-85-95-86(52-60-16-42-78(56(2)48-60)113-115-81-45-35-73(53-83(81)131(123,124)125)109-101-63-11-7-5-8-12-63)97-87(96-85)91-61-17-19-62(20-18-61)92-88-98-89(93-71-33-43-79(57(3)49-71)112-108-68-27-23-66(24-28-68)104-106-70-31-39-76(40-32-70)130(120,121)122)100-90(99-88)94-72-34-44-80(58(4)50-72)114-116-82-46-36-74(54-84(82)132(126,127)128)110-102-64-13-9-6-10-14-64;4*1-4(2)3/h5-50,53-54H,51-52H2,1-4H3,(H,117,118,119)(H,120,121,122)(H,123,124,125)(H,126,127,128)(H,91,95,96,97)(H3,92,93,94,98,99,100);;;;. The molecular formula is C90H72N26O24S8. The fraction of sp³-hybridized carbons (Fsp3) is 0.0667.